The van der Waals surface area contributed by atoms with Crippen LogP contribution in [0.15, 0.2) is 12.2 Å². The zero-order valence-corrected chi connectivity index (χ0v) is 4.44. The lowest BCUT2D eigenvalue weighted by atomic mass is 10.2. The maximum absolute atomic E-state index is 10.4. The molecule has 0 aliphatic carbocycles. The second-order valence-corrected chi connectivity index (χ2v) is 1.58. The van der Waals surface area contributed by atoms with E-state index in [9.17, 15) is 9.59 Å². The fourth-order valence-corrected chi connectivity index (χ4v) is 0.467. The van der Waals surface area contributed by atoms with Crippen LogP contribution >= 0.6 is 0 Å². The molecule has 1 aliphatic heterocycles. The average Bonchev–Trinajstić information content (AvgIpc) is 1.80. The van der Waals surface area contributed by atoms with Crippen LogP contribution in [0.4, 0.5) is 0 Å². The Morgan fingerprint density at radius 1 is 1.44 bits per heavy atom. The SMILES string of the molecule is O=C1C=CC(=O)C(O)[N]1. The van der Waals surface area contributed by atoms with Gasteiger partial charge in [-0.2, -0.15) is 0 Å². The standard InChI is InChI=1S/C5H4NO3/c7-3-1-2-4(8)6-5(3)9/h1-2,5,9H. The first-order valence-corrected chi connectivity index (χ1v) is 2.35. The van der Waals surface area contributed by atoms with Crippen molar-refractivity contribution in [3.8, 4) is 0 Å². The molecule has 1 rings (SSSR count). The van der Waals surface area contributed by atoms with Gasteiger partial charge in [0.05, 0.1) is 0 Å². The Morgan fingerprint density at radius 3 is 2.56 bits per heavy atom. The van der Waals surface area contributed by atoms with Gasteiger partial charge in [-0.25, -0.2) is 5.32 Å². The fourth-order valence-electron chi connectivity index (χ4n) is 0.467. The first-order valence-electron chi connectivity index (χ1n) is 2.35. The molecule has 47 valence electrons. The molecule has 1 unspecified atom stereocenters. The molecule has 0 aromatic carbocycles. The van der Waals surface area contributed by atoms with E-state index in [2.05, 4.69) is 5.32 Å². The van der Waals surface area contributed by atoms with Crippen LogP contribution in [0.25, 0.3) is 0 Å². The minimum absolute atomic E-state index is 0.547. The summed E-state index contributed by atoms with van der Waals surface area (Å²) in [5.74, 6) is -1.11. The van der Waals surface area contributed by atoms with Crippen molar-refractivity contribution < 1.29 is 14.7 Å². The smallest absolute Gasteiger partial charge is 0.268 e. The highest BCUT2D eigenvalue weighted by molar-refractivity contribution is 6.05. The third-order valence-electron chi connectivity index (χ3n) is 0.894. The van der Waals surface area contributed by atoms with E-state index < -0.39 is 17.9 Å². The first-order chi connectivity index (χ1) is 4.20. The number of nitrogens with zero attached hydrogens (tertiary/aromatic N) is 1. The summed E-state index contributed by atoms with van der Waals surface area (Å²) in [6.45, 7) is 0. The largest absolute Gasteiger partial charge is 0.365 e. The van der Waals surface area contributed by atoms with E-state index in [-0.39, 0.29) is 0 Å². The van der Waals surface area contributed by atoms with E-state index in [1.54, 1.807) is 0 Å². The van der Waals surface area contributed by atoms with E-state index >= 15 is 0 Å². The molecule has 9 heavy (non-hydrogen) atoms. The number of ketones is 1. The summed E-state index contributed by atoms with van der Waals surface area (Å²) in [5.41, 5.74) is 0. The summed E-state index contributed by atoms with van der Waals surface area (Å²) in [5, 5.41) is 11.6. The molecule has 0 bridgehead atoms. The Hall–Kier alpha value is -1.16. The molecule has 1 atom stereocenters. The zero-order valence-electron chi connectivity index (χ0n) is 4.44. The minimum Gasteiger partial charge on any atom is -0.365 e. The predicted molar refractivity (Wildman–Crippen MR) is 27.3 cm³/mol. The van der Waals surface area contributed by atoms with Gasteiger partial charge in [-0.1, -0.05) is 0 Å². The number of aliphatic hydroxyl groups is 1. The molecular weight excluding hydrogens is 122 g/mol. The molecule has 1 aliphatic rings. The van der Waals surface area contributed by atoms with E-state index in [1.165, 1.54) is 0 Å². The van der Waals surface area contributed by atoms with E-state index in [0.29, 0.717) is 0 Å². The Kier molecular flexibility index (Phi) is 1.32. The monoisotopic (exact) mass is 126 g/mol. The van der Waals surface area contributed by atoms with Gasteiger partial charge in [0, 0.05) is 6.08 Å². The molecule has 0 aromatic heterocycles. The van der Waals surface area contributed by atoms with Crippen molar-refractivity contribution >= 4 is 11.7 Å². The number of amides is 1. The van der Waals surface area contributed by atoms with E-state index in [0.717, 1.165) is 12.2 Å². The quantitative estimate of drug-likeness (QED) is 0.433. The van der Waals surface area contributed by atoms with Crippen LogP contribution < -0.4 is 5.32 Å². The Balaban J connectivity index is 2.76. The number of carbonyl (C=O) groups excluding carboxylic acids is 2. The number of aliphatic hydroxyl groups excluding tert-OH is 1. The molecule has 0 aromatic rings. The summed E-state index contributed by atoms with van der Waals surface area (Å²) in [6.07, 6.45) is 0.567. The van der Waals surface area contributed by atoms with Crippen LogP contribution in [0.3, 0.4) is 0 Å². The topological polar surface area (TPSA) is 68.5 Å². The number of hydrogen-bond donors (Lipinski definition) is 1. The molecule has 4 heteroatoms. The van der Waals surface area contributed by atoms with Crippen LogP contribution in [0, 0.1) is 0 Å². The molecule has 4 nitrogen and oxygen atoms in total. The average molecular weight is 126 g/mol. The number of carbonyl (C=O) groups is 2. The Bertz CT molecular complexity index is 185. The van der Waals surface area contributed by atoms with Crippen molar-refractivity contribution in [1.82, 2.24) is 5.32 Å². The van der Waals surface area contributed by atoms with Crippen LogP contribution in [0.2, 0.25) is 0 Å². The highest BCUT2D eigenvalue weighted by atomic mass is 16.3. The van der Waals surface area contributed by atoms with Crippen molar-refractivity contribution in [3.63, 3.8) is 0 Å². The van der Waals surface area contributed by atoms with Crippen LogP contribution in [-0.2, 0) is 9.59 Å². The van der Waals surface area contributed by atoms with Crippen molar-refractivity contribution in [2.45, 2.75) is 6.23 Å². The van der Waals surface area contributed by atoms with Gasteiger partial charge in [0.15, 0.2) is 0 Å². The van der Waals surface area contributed by atoms with Gasteiger partial charge < -0.3 is 5.11 Å². The summed E-state index contributed by atoms with van der Waals surface area (Å²) in [4.78, 5) is 20.6. The molecular formula is C5H4NO3. The highest BCUT2D eigenvalue weighted by Crippen LogP contribution is 1.93. The maximum atomic E-state index is 10.4. The molecule has 1 N–H and O–H groups in total. The number of rotatable bonds is 0. The minimum atomic E-state index is -1.47. The summed E-state index contributed by atoms with van der Waals surface area (Å²) in [7, 11) is 0. The predicted octanol–water partition coefficient (Wildman–Crippen LogP) is -1.43. The van der Waals surface area contributed by atoms with Gasteiger partial charge in [-0.3, -0.25) is 9.59 Å². The molecule has 1 heterocycles. The summed E-state index contributed by atoms with van der Waals surface area (Å²) in [6, 6.07) is 0. The molecule has 0 fully saturated rings. The molecule has 0 saturated heterocycles. The van der Waals surface area contributed by atoms with Crippen molar-refractivity contribution in [2.24, 2.45) is 0 Å². The second-order valence-electron chi connectivity index (χ2n) is 1.58. The summed E-state index contributed by atoms with van der Waals surface area (Å²) < 4.78 is 0. The van der Waals surface area contributed by atoms with Gasteiger partial charge in [0.2, 0.25) is 12.0 Å². The highest BCUT2D eigenvalue weighted by Gasteiger charge is 2.20. The molecule has 0 spiro atoms. The van der Waals surface area contributed by atoms with Crippen molar-refractivity contribution in [2.75, 3.05) is 0 Å². The van der Waals surface area contributed by atoms with Gasteiger partial charge in [-0.05, 0) is 6.08 Å². The van der Waals surface area contributed by atoms with Gasteiger partial charge in [-0.15, -0.1) is 0 Å². The lowest BCUT2D eigenvalue weighted by Gasteiger charge is -2.07. The molecule has 0 saturated carbocycles. The Morgan fingerprint density at radius 2 is 2.11 bits per heavy atom. The maximum Gasteiger partial charge on any atom is 0.268 e. The van der Waals surface area contributed by atoms with Crippen LogP contribution in [0.1, 0.15) is 0 Å². The lowest BCUT2D eigenvalue weighted by molar-refractivity contribution is -0.132. The van der Waals surface area contributed by atoms with Crippen LogP contribution in [0.5, 0.6) is 0 Å². The Labute approximate surface area is 51.2 Å². The summed E-state index contributed by atoms with van der Waals surface area (Å²) >= 11 is 0. The van der Waals surface area contributed by atoms with Crippen LogP contribution in [-0.4, -0.2) is 23.0 Å². The third-order valence-corrected chi connectivity index (χ3v) is 0.894. The second kappa shape index (κ2) is 1.99. The molecule has 1 amide bonds. The van der Waals surface area contributed by atoms with E-state index in [4.69, 9.17) is 5.11 Å². The normalized spacial score (nSPS) is 26.1. The van der Waals surface area contributed by atoms with Crippen molar-refractivity contribution in [1.29, 1.82) is 0 Å². The lowest BCUT2D eigenvalue weighted by Crippen LogP contribution is -2.36. The van der Waals surface area contributed by atoms with Crippen molar-refractivity contribution in [3.05, 3.63) is 12.2 Å². The zero-order chi connectivity index (χ0) is 6.85. The van der Waals surface area contributed by atoms with Gasteiger partial charge >= 0.3 is 0 Å². The molecule has 1 radical (unpaired) electrons. The van der Waals surface area contributed by atoms with Gasteiger partial charge in [0.25, 0.3) is 5.91 Å². The van der Waals surface area contributed by atoms with Gasteiger partial charge in [0.1, 0.15) is 0 Å². The number of hydrogen-bond acceptors (Lipinski definition) is 3. The first kappa shape index (κ1) is 5.97. The van der Waals surface area contributed by atoms with E-state index in [1.807, 2.05) is 0 Å². The fraction of sp³-hybridized carbons (Fsp3) is 0.200. The third kappa shape index (κ3) is 1.14.